The third-order valence-electron chi connectivity index (χ3n) is 3.25. The molecule has 2 aromatic rings. The SMILES string of the molecule is CC(N)(C(=O)NCCOc1ccc(Cl)cn1)c1ccc(Br)cc1.Cl.Cl. The standard InChI is InChI=1S/C16H17BrClN3O2.2ClH/c1-16(19,11-2-4-12(17)5-3-11)15(22)20-8-9-23-14-7-6-13(18)10-21-14;;/h2-7,10H,8-9,19H2,1H3,(H,20,22);2*1H. The second kappa shape index (κ2) is 10.8. The van der Waals surface area contributed by atoms with Crippen molar-refractivity contribution in [2.75, 3.05) is 13.2 Å². The van der Waals surface area contributed by atoms with Gasteiger partial charge in [0.25, 0.3) is 0 Å². The number of rotatable bonds is 6. The molecular weight excluding hydrogens is 452 g/mol. The van der Waals surface area contributed by atoms with Crippen molar-refractivity contribution in [1.29, 1.82) is 0 Å². The van der Waals surface area contributed by atoms with E-state index in [9.17, 15) is 4.79 Å². The molecule has 0 aliphatic rings. The molecule has 0 aliphatic carbocycles. The Morgan fingerprint density at radius 3 is 2.48 bits per heavy atom. The second-order valence-electron chi connectivity index (χ2n) is 5.13. The molecular formula is C16H19BrCl3N3O2. The highest BCUT2D eigenvalue weighted by Gasteiger charge is 2.30. The lowest BCUT2D eigenvalue weighted by Gasteiger charge is -2.24. The summed E-state index contributed by atoms with van der Waals surface area (Å²) in [5, 5.41) is 3.30. The fourth-order valence-corrected chi connectivity index (χ4v) is 2.25. The lowest BCUT2D eigenvalue weighted by molar-refractivity contribution is -0.126. The van der Waals surface area contributed by atoms with Gasteiger partial charge in [-0.2, -0.15) is 0 Å². The Kier molecular flexibility index (Phi) is 10.4. The average molecular weight is 472 g/mol. The van der Waals surface area contributed by atoms with E-state index < -0.39 is 5.54 Å². The first-order valence-corrected chi connectivity index (χ1v) is 8.14. The van der Waals surface area contributed by atoms with Gasteiger partial charge in [0.1, 0.15) is 12.1 Å². The van der Waals surface area contributed by atoms with Crippen LogP contribution in [0.3, 0.4) is 0 Å². The molecule has 0 bridgehead atoms. The van der Waals surface area contributed by atoms with E-state index in [1.54, 1.807) is 19.1 Å². The molecule has 1 aromatic carbocycles. The van der Waals surface area contributed by atoms with E-state index in [4.69, 9.17) is 22.1 Å². The maximum absolute atomic E-state index is 12.3. The topological polar surface area (TPSA) is 77.2 Å². The molecule has 0 radical (unpaired) electrons. The summed E-state index contributed by atoms with van der Waals surface area (Å²) >= 11 is 9.10. The fraction of sp³-hybridized carbons (Fsp3) is 0.250. The molecule has 1 atom stereocenters. The molecule has 0 saturated heterocycles. The summed E-state index contributed by atoms with van der Waals surface area (Å²) in [6.45, 7) is 2.29. The largest absolute Gasteiger partial charge is 0.476 e. The summed E-state index contributed by atoms with van der Waals surface area (Å²) in [7, 11) is 0. The number of nitrogens with two attached hydrogens (primary N) is 1. The van der Waals surface area contributed by atoms with Crippen LogP contribution in [0.25, 0.3) is 0 Å². The number of nitrogens with one attached hydrogen (secondary N) is 1. The van der Waals surface area contributed by atoms with Crippen molar-refractivity contribution in [3.8, 4) is 5.88 Å². The van der Waals surface area contributed by atoms with E-state index in [1.807, 2.05) is 24.3 Å². The second-order valence-corrected chi connectivity index (χ2v) is 6.48. The molecule has 1 aromatic heterocycles. The van der Waals surface area contributed by atoms with E-state index >= 15 is 0 Å². The molecule has 9 heteroatoms. The summed E-state index contributed by atoms with van der Waals surface area (Å²) in [6, 6.07) is 10.7. The van der Waals surface area contributed by atoms with Crippen LogP contribution in [0.15, 0.2) is 47.1 Å². The van der Waals surface area contributed by atoms with Gasteiger partial charge in [-0.25, -0.2) is 4.98 Å². The molecule has 0 aliphatic heterocycles. The average Bonchev–Trinajstić information content (AvgIpc) is 2.53. The molecule has 25 heavy (non-hydrogen) atoms. The van der Waals surface area contributed by atoms with Crippen LogP contribution in [0.2, 0.25) is 5.02 Å². The van der Waals surface area contributed by atoms with Crippen LogP contribution in [0.1, 0.15) is 12.5 Å². The molecule has 1 unspecified atom stereocenters. The third kappa shape index (κ3) is 6.99. The van der Waals surface area contributed by atoms with Crippen LogP contribution in [0.5, 0.6) is 5.88 Å². The lowest BCUT2D eigenvalue weighted by atomic mass is 9.92. The molecule has 0 fully saturated rings. The van der Waals surface area contributed by atoms with E-state index in [1.165, 1.54) is 6.20 Å². The number of pyridine rings is 1. The molecule has 1 heterocycles. The predicted molar refractivity (Wildman–Crippen MR) is 108 cm³/mol. The van der Waals surface area contributed by atoms with Crippen LogP contribution < -0.4 is 15.8 Å². The molecule has 3 N–H and O–H groups in total. The number of hydrogen-bond donors (Lipinski definition) is 2. The van der Waals surface area contributed by atoms with Crippen molar-refractivity contribution in [1.82, 2.24) is 10.3 Å². The maximum atomic E-state index is 12.3. The number of nitrogens with zero attached hydrogens (tertiary/aromatic N) is 1. The zero-order valence-corrected chi connectivity index (χ0v) is 17.3. The zero-order valence-electron chi connectivity index (χ0n) is 13.4. The monoisotopic (exact) mass is 469 g/mol. The molecule has 0 spiro atoms. The Hall–Kier alpha value is -1.05. The van der Waals surface area contributed by atoms with Crippen LogP contribution in [-0.4, -0.2) is 24.0 Å². The Morgan fingerprint density at radius 2 is 1.92 bits per heavy atom. The maximum Gasteiger partial charge on any atom is 0.244 e. The zero-order chi connectivity index (χ0) is 16.9. The number of carbonyl (C=O) groups is 1. The fourth-order valence-electron chi connectivity index (χ4n) is 1.88. The minimum atomic E-state index is -1.11. The summed E-state index contributed by atoms with van der Waals surface area (Å²) in [6.07, 6.45) is 1.50. The van der Waals surface area contributed by atoms with Gasteiger partial charge in [-0.1, -0.05) is 39.7 Å². The van der Waals surface area contributed by atoms with Crippen molar-refractivity contribution in [2.24, 2.45) is 5.73 Å². The summed E-state index contributed by atoms with van der Waals surface area (Å²) in [4.78, 5) is 16.3. The first-order valence-electron chi connectivity index (χ1n) is 6.97. The number of amides is 1. The molecule has 1 amide bonds. The Balaban J connectivity index is 0.00000288. The van der Waals surface area contributed by atoms with Crippen LogP contribution >= 0.6 is 52.3 Å². The number of ether oxygens (including phenoxy) is 1. The van der Waals surface area contributed by atoms with E-state index in [2.05, 4.69) is 26.2 Å². The van der Waals surface area contributed by atoms with E-state index in [0.29, 0.717) is 17.4 Å². The van der Waals surface area contributed by atoms with Gasteiger partial charge < -0.3 is 15.8 Å². The van der Waals surface area contributed by atoms with E-state index in [0.717, 1.165) is 10.0 Å². The molecule has 0 saturated carbocycles. The van der Waals surface area contributed by atoms with Gasteiger partial charge in [0.05, 0.1) is 11.6 Å². The highest BCUT2D eigenvalue weighted by molar-refractivity contribution is 9.10. The van der Waals surface area contributed by atoms with Gasteiger partial charge >= 0.3 is 0 Å². The van der Waals surface area contributed by atoms with Crippen molar-refractivity contribution in [3.05, 3.63) is 57.7 Å². The highest BCUT2D eigenvalue weighted by Crippen LogP contribution is 2.20. The Labute approximate surface area is 172 Å². The van der Waals surface area contributed by atoms with Gasteiger partial charge in [-0.3, -0.25) is 4.79 Å². The minimum Gasteiger partial charge on any atom is -0.476 e. The first-order chi connectivity index (χ1) is 10.9. The van der Waals surface area contributed by atoms with Gasteiger partial charge in [-0.15, -0.1) is 24.8 Å². The third-order valence-corrected chi connectivity index (χ3v) is 4.01. The quantitative estimate of drug-likeness (QED) is 0.630. The molecule has 5 nitrogen and oxygen atoms in total. The number of hydrogen-bond acceptors (Lipinski definition) is 4. The number of aromatic nitrogens is 1. The molecule has 138 valence electrons. The first kappa shape index (κ1) is 23.9. The number of halogens is 4. The van der Waals surface area contributed by atoms with Gasteiger partial charge in [0.15, 0.2) is 0 Å². The van der Waals surface area contributed by atoms with Gasteiger partial charge in [-0.05, 0) is 30.7 Å². The van der Waals surface area contributed by atoms with Crippen molar-refractivity contribution in [3.63, 3.8) is 0 Å². The smallest absolute Gasteiger partial charge is 0.244 e. The van der Waals surface area contributed by atoms with Crippen molar-refractivity contribution in [2.45, 2.75) is 12.5 Å². The Bertz CT molecular complexity index is 667. The van der Waals surface area contributed by atoms with Gasteiger partial charge in [0.2, 0.25) is 11.8 Å². The normalized spacial score (nSPS) is 12.2. The predicted octanol–water partition coefficient (Wildman–Crippen LogP) is 3.71. The summed E-state index contributed by atoms with van der Waals surface area (Å²) < 4.78 is 6.35. The highest BCUT2D eigenvalue weighted by atomic mass is 79.9. The number of carbonyl (C=O) groups excluding carboxylic acids is 1. The van der Waals surface area contributed by atoms with Crippen LogP contribution in [-0.2, 0) is 10.3 Å². The molecule has 2 rings (SSSR count). The number of benzene rings is 1. The minimum absolute atomic E-state index is 0. The Morgan fingerprint density at radius 1 is 1.28 bits per heavy atom. The van der Waals surface area contributed by atoms with Crippen molar-refractivity contribution >= 4 is 58.3 Å². The van der Waals surface area contributed by atoms with Gasteiger partial charge in [0, 0.05) is 16.7 Å². The van der Waals surface area contributed by atoms with Crippen LogP contribution in [0.4, 0.5) is 0 Å². The lowest BCUT2D eigenvalue weighted by Crippen LogP contribution is -2.49. The van der Waals surface area contributed by atoms with Crippen molar-refractivity contribution < 1.29 is 9.53 Å². The summed E-state index contributed by atoms with van der Waals surface area (Å²) in [5.41, 5.74) is 5.77. The van der Waals surface area contributed by atoms with Crippen LogP contribution in [0, 0.1) is 0 Å². The van der Waals surface area contributed by atoms with E-state index in [-0.39, 0.29) is 37.3 Å². The summed E-state index contributed by atoms with van der Waals surface area (Å²) in [5.74, 6) is 0.180.